The van der Waals surface area contributed by atoms with Crippen LogP contribution in [0.1, 0.15) is 22.8 Å². The van der Waals surface area contributed by atoms with Crippen LogP contribution in [0.25, 0.3) is 0 Å². The third-order valence-corrected chi connectivity index (χ3v) is 4.02. The molecule has 0 aromatic heterocycles. The van der Waals surface area contributed by atoms with Gasteiger partial charge in [-0.05, 0) is 55.8 Å². The van der Waals surface area contributed by atoms with Crippen molar-refractivity contribution >= 4 is 33.5 Å². The molecule has 1 atom stereocenters. The van der Waals surface area contributed by atoms with E-state index in [4.69, 9.17) is 9.47 Å². The van der Waals surface area contributed by atoms with Gasteiger partial charge in [0.1, 0.15) is 5.75 Å². The molecule has 0 saturated carbocycles. The van der Waals surface area contributed by atoms with Gasteiger partial charge in [-0.1, -0.05) is 22.0 Å². The average Bonchev–Trinajstić information content (AvgIpc) is 2.58. The predicted octanol–water partition coefficient (Wildman–Crippen LogP) is 3.95. The van der Waals surface area contributed by atoms with Crippen molar-refractivity contribution < 1.29 is 19.1 Å². The first-order chi connectivity index (χ1) is 11.4. The highest BCUT2D eigenvalue weighted by atomic mass is 79.9. The summed E-state index contributed by atoms with van der Waals surface area (Å²) >= 11 is 3.34. The first kappa shape index (κ1) is 18.0. The number of benzene rings is 2. The molecule has 126 valence electrons. The summed E-state index contributed by atoms with van der Waals surface area (Å²) in [5.74, 6) is -0.147. The summed E-state index contributed by atoms with van der Waals surface area (Å²) < 4.78 is 11.3. The maximum atomic E-state index is 12.3. The van der Waals surface area contributed by atoms with Gasteiger partial charge in [-0.25, -0.2) is 4.79 Å². The summed E-state index contributed by atoms with van der Waals surface area (Å²) in [6.07, 6.45) is -0.688. The molecule has 0 saturated heterocycles. The molecular formula is C18H18BrNO4. The number of nitrogens with one attached hydrogen (secondary N) is 1. The van der Waals surface area contributed by atoms with Gasteiger partial charge in [-0.15, -0.1) is 0 Å². The van der Waals surface area contributed by atoms with Crippen molar-refractivity contribution in [3.8, 4) is 5.75 Å². The topological polar surface area (TPSA) is 64.6 Å². The van der Waals surface area contributed by atoms with Gasteiger partial charge in [0.2, 0.25) is 0 Å². The minimum absolute atomic E-state index is 0.303. The second-order valence-corrected chi connectivity index (χ2v) is 6.09. The largest absolute Gasteiger partial charge is 0.481 e. The Morgan fingerprint density at radius 1 is 1.12 bits per heavy atom. The molecule has 0 aliphatic rings. The minimum atomic E-state index is -0.688. The monoisotopic (exact) mass is 391 g/mol. The summed E-state index contributed by atoms with van der Waals surface area (Å²) in [5.41, 5.74) is 1.61. The zero-order valence-corrected chi connectivity index (χ0v) is 15.2. The fourth-order valence-electron chi connectivity index (χ4n) is 2.11. The Bertz CT molecular complexity index is 743. The van der Waals surface area contributed by atoms with Gasteiger partial charge >= 0.3 is 5.97 Å². The Kier molecular flexibility index (Phi) is 5.98. The normalized spacial score (nSPS) is 11.5. The van der Waals surface area contributed by atoms with Crippen LogP contribution in [0, 0.1) is 6.92 Å². The van der Waals surface area contributed by atoms with Crippen molar-refractivity contribution in [1.82, 2.24) is 0 Å². The Hall–Kier alpha value is -2.34. The third-order valence-electron chi connectivity index (χ3n) is 3.49. The average molecular weight is 392 g/mol. The summed E-state index contributed by atoms with van der Waals surface area (Å²) in [7, 11) is 1.32. The standard InChI is InChI=1S/C18H18BrNO4/c1-11-15(18(22)23-3)5-4-6-16(11)20-17(21)12(2)24-14-9-7-13(19)8-10-14/h4-10,12H,1-3H3,(H,20,21)/t12-/m0/s1. The van der Waals surface area contributed by atoms with E-state index in [0.717, 1.165) is 4.47 Å². The maximum absolute atomic E-state index is 12.3. The molecule has 2 aromatic rings. The van der Waals surface area contributed by atoms with E-state index in [1.807, 2.05) is 12.1 Å². The summed E-state index contributed by atoms with van der Waals surface area (Å²) in [6, 6.07) is 12.3. The molecule has 2 aromatic carbocycles. The Morgan fingerprint density at radius 2 is 1.79 bits per heavy atom. The van der Waals surface area contributed by atoms with Gasteiger partial charge in [0, 0.05) is 10.2 Å². The molecular weight excluding hydrogens is 374 g/mol. The quantitative estimate of drug-likeness (QED) is 0.783. The number of carbonyl (C=O) groups excluding carboxylic acids is 2. The van der Waals surface area contributed by atoms with Crippen LogP contribution < -0.4 is 10.1 Å². The number of rotatable bonds is 5. The number of hydrogen-bond acceptors (Lipinski definition) is 4. The molecule has 0 radical (unpaired) electrons. The summed E-state index contributed by atoms with van der Waals surface area (Å²) in [5, 5.41) is 2.78. The van der Waals surface area contributed by atoms with Crippen molar-refractivity contribution in [2.45, 2.75) is 20.0 Å². The maximum Gasteiger partial charge on any atom is 0.338 e. The molecule has 24 heavy (non-hydrogen) atoms. The molecule has 1 amide bonds. The summed E-state index contributed by atoms with van der Waals surface area (Å²) in [6.45, 7) is 3.42. The SMILES string of the molecule is COC(=O)c1cccc(NC(=O)[C@H](C)Oc2ccc(Br)cc2)c1C. The number of methoxy groups -OCH3 is 1. The van der Waals surface area contributed by atoms with Crippen LogP contribution in [0.3, 0.4) is 0 Å². The van der Waals surface area contributed by atoms with Crippen LogP contribution in [0.15, 0.2) is 46.9 Å². The number of hydrogen-bond donors (Lipinski definition) is 1. The van der Waals surface area contributed by atoms with Gasteiger partial charge < -0.3 is 14.8 Å². The minimum Gasteiger partial charge on any atom is -0.481 e. The Balaban J connectivity index is 2.08. The van der Waals surface area contributed by atoms with E-state index in [1.165, 1.54) is 7.11 Å². The number of halogens is 1. The zero-order valence-electron chi connectivity index (χ0n) is 13.6. The lowest BCUT2D eigenvalue weighted by atomic mass is 10.1. The number of amides is 1. The number of carbonyl (C=O) groups is 2. The third kappa shape index (κ3) is 4.35. The highest BCUT2D eigenvalue weighted by Crippen LogP contribution is 2.21. The molecule has 0 aliphatic heterocycles. The Labute approximate surface area is 149 Å². The van der Waals surface area contributed by atoms with E-state index in [0.29, 0.717) is 22.6 Å². The fraction of sp³-hybridized carbons (Fsp3) is 0.222. The fourth-order valence-corrected chi connectivity index (χ4v) is 2.37. The van der Waals surface area contributed by atoms with E-state index in [1.54, 1.807) is 44.2 Å². The summed E-state index contributed by atoms with van der Waals surface area (Å²) in [4.78, 5) is 24.0. The van der Waals surface area contributed by atoms with Crippen LogP contribution in [0.2, 0.25) is 0 Å². The van der Waals surface area contributed by atoms with Gasteiger partial charge in [0.05, 0.1) is 12.7 Å². The van der Waals surface area contributed by atoms with Crippen molar-refractivity contribution in [1.29, 1.82) is 0 Å². The van der Waals surface area contributed by atoms with E-state index in [-0.39, 0.29) is 5.91 Å². The van der Waals surface area contributed by atoms with Crippen molar-refractivity contribution in [2.75, 3.05) is 12.4 Å². The number of ether oxygens (including phenoxy) is 2. The molecule has 0 aliphatic carbocycles. The second-order valence-electron chi connectivity index (χ2n) is 5.17. The molecule has 6 heteroatoms. The molecule has 0 heterocycles. The molecule has 2 rings (SSSR count). The van der Waals surface area contributed by atoms with Crippen LogP contribution in [-0.4, -0.2) is 25.1 Å². The highest BCUT2D eigenvalue weighted by Gasteiger charge is 2.18. The smallest absolute Gasteiger partial charge is 0.338 e. The van der Waals surface area contributed by atoms with Crippen molar-refractivity contribution in [2.24, 2.45) is 0 Å². The van der Waals surface area contributed by atoms with E-state index >= 15 is 0 Å². The van der Waals surface area contributed by atoms with E-state index in [2.05, 4.69) is 21.2 Å². The lowest BCUT2D eigenvalue weighted by Crippen LogP contribution is -2.30. The highest BCUT2D eigenvalue weighted by molar-refractivity contribution is 9.10. The van der Waals surface area contributed by atoms with Crippen LogP contribution >= 0.6 is 15.9 Å². The van der Waals surface area contributed by atoms with Gasteiger partial charge in [-0.3, -0.25) is 4.79 Å². The zero-order chi connectivity index (χ0) is 17.7. The van der Waals surface area contributed by atoms with Crippen LogP contribution in [0.4, 0.5) is 5.69 Å². The van der Waals surface area contributed by atoms with Crippen LogP contribution in [-0.2, 0) is 9.53 Å². The molecule has 0 unspecified atom stereocenters. The lowest BCUT2D eigenvalue weighted by molar-refractivity contribution is -0.122. The van der Waals surface area contributed by atoms with Crippen molar-refractivity contribution in [3.63, 3.8) is 0 Å². The molecule has 0 spiro atoms. The van der Waals surface area contributed by atoms with Gasteiger partial charge in [0.15, 0.2) is 6.10 Å². The van der Waals surface area contributed by atoms with Gasteiger partial charge in [-0.2, -0.15) is 0 Å². The predicted molar refractivity (Wildman–Crippen MR) is 95.4 cm³/mol. The molecule has 1 N–H and O–H groups in total. The number of anilines is 1. The lowest BCUT2D eigenvalue weighted by Gasteiger charge is -2.16. The van der Waals surface area contributed by atoms with Crippen LogP contribution in [0.5, 0.6) is 5.75 Å². The molecule has 0 bridgehead atoms. The van der Waals surface area contributed by atoms with Gasteiger partial charge in [0.25, 0.3) is 5.91 Å². The Morgan fingerprint density at radius 3 is 2.42 bits per heavy atom. The van der Waals surface area contributed by atoms with E-state index < -0.39 is 12.1 Å². The van der Waals surface area contributed by atoms with Crippen molar-refractivity contribution in [3.05, 3.63) is 58.1 Å². The molecule has 0 fully saturated rings. The van der Waals surface area contributed by atoms with E-state index in [9.17, 15) is 9.59 Å². The second kappa shape index (κ2) is 7.97. The molecule has 5 nitrogen and oxygen atoms in total. The first-order valence-electron chi connectivity index (χ1n) is 7.33. The number of esters is 1. The first-order valence-corrected chi connectivity index (χ1v) is 8.12.